The molecular weight excluding hydrogens is 186 g/mol. The van der Waals surface area contributed by atoms with Crippen LogP contribution in [0.15, 0.2) is 24.3 Å². The summed E-state index contributed by atoms with van der Waals surface area (Å²) in [4.78, 5) is 0. The number of likely N-dealkylation sites (N-methyl/N-ethyl adjacent to an activating group) is 1. The maximum atomic E-state index is 5.24. The van der Waals surface area contributed by atoms with E-state index >= 15 is 0 Å². The molecule has 0 saturated carbocycles. The molecule has 0 aliphatic carbocycles. The van der Waals surface area contributed by atoms with Gasteiger partial charge in [-0.25, -0.2) is 0 Å². The summed E-state index contributed by atoms with van der Waals surface area (Å²) in [7, 11) is 1.98. The standard InChI is InChI=1S/C11H15NO.C2H6/c1-12-6-5-9-3-2-4-10(7-9)11-8-13-11;1-2/h2-4,7,11-12H,5-6,8H2,1H3;1-2H3. The maximum absolute atomic E-state index is 5.24. The first-order chi connectivity index (χ1) is 7.40. The van der Waals surface area contributed by atoms with Crippen LogP contribution in [0.3, 0.4) is 0 Å². The third-order valence-corrected chi connectivity index (χ3v) is 2.32. The van der Waals surface area contributed by atoms with Crippen molar-refractivity contribution in [2.45, 2.75) is 26.4 Å². The summed E-state index contributed by atoms with van der Waals surface area (Å²) in [5.74, 6) is 0. The molecule has 1 atom stereocenters. The molecule has 0 spiro atoms. The van der Waals surface area contributed by atoms with Crippen molar-refractivity contribution in [3.63, 3.8) is 0 Å². The summed E-state index contributed by atoms with van der Waals surface area (Å²) >= 11 is 0. The number of nitrogens with one attached hydrogen (secondary N) is 1. The molecule has 1 heterocycles. The molecule has 15 heavy (non-hydrogen) atoms. The molecule has 1 N–H and O–H groups in total. The Labute approximate surface area is 92.6 Å². The molecule has 1 fully saturated rings. The third kappa shape index (κ3) is 4.02. The summed E-state index contributed by atoms with van der Waals surface area (Å²) < 4.78 is 5.24. The first-order valence-electron chi connectivity index (χ1n) is 5.75. The third-order valence-electron chi connectivity index (χ3n) is 2.32. The molecule has 0 radical (unpaired) electrons. The van der Waals surface area contributed by atoms with Gasteiger partial charge >= 0.3 is 0 Å². The second-order valence-electron chi connectivity index (χ2n) is 3.42. The molecule has 1 unspecified atom stereocenters. The lowest BCUT2D eigenvalue weighted by Gasteiger charge is -2.02. The van der Waals surface area contributed by atoms with Gasteiger partial charge in [-0.2, -0.15) is 0 Å². The Hall–Kier alpha value is -0.860. The first kappa shape index (κ1) is 12.2. The fourth-order valence-corrected chi connectivity index (χ4v) is 1.46. The van der Waals surface area contributed by atoms with E-state index in [4.69, 9.17) is 4.74 Å². The quantitative estimate of drug-likeness (QED) is 0.767. The van der Waals surface area contributed by atoms with Crippen LogP contribution in [0.1, 0.15) is 31.1 Å². The Kier molecular flexibility index (Phi) is 5.37. The predicted octanol–water partition coefficient (Wildman–Crippen LogP) is 2.55. The lowest BCUT2D eigenvalue weighted by Crippen LogP contribution is -2.10. The SMILES string of the molecule is CC.CNCCc1cccc(C2CO2)c1. The van der Waals surface area contributed by atoms with Crippen molar-refractivity contribution >= 4 is 0 Å². The fraction of sp³-hybridized carbons (Fsp3) is 0.538. The second kappa shape index (κ2) is 6.59. The van der Waals surface area contributed by atoms with Gasteiger partial charge in [0.1, 0.15) is 6.10 Å². The Morgan fingerprint density at radius 3 is 2.73 bits per heavy atom. The van der Waals surface area contributed by atoms with Gasteiger partial charge in [-0.3, -0.25) is 0 Å². The van der Waals surface area contributed by atoms with E-state index in [0.29, 0.717) is 6.10 Å². The van der Waals surface area contributed by atoms with E-state index in [2.05, 4.69) is 29.6 Å². The Morgan fingerprint density at radius 2 is 2.13 bits per heavy atom. The molecule has 2 heteroatoms. The van der Waals surface area contributed by atoms with Gasteiger partial charge in [0.05, 0.1) is 6.61 Å². The normalized spacial score (nSPS) is 17.9. The average Bonchev–Trinajstić information content (AvgIpc) is 3.13. The lowest BCUT2D eigenvalue weighted by molar-refractivity contribution is 0.415. The number of rotatable bonds is 4. The molecular formula is C13H21NO. The van der Waals surface area contributed by atoms with Crippen LogP contribution in [-0.2, 0) is 11.2 Å². The zero-order chi connectivity index (χ0) is 11.1. The van der Waals surface area contributed by atoms with Crippen molar-refractivity contribution in [2.24, 2.45) is 0 Å². The van der Waals surface area contributed by atoms with Gasteiger partial charge in [0.25, 0.3) is 0 Å². The summed E-state index contributed by atoms with van der Waals surface area (Å²) in [6.07, 6.45) is 1.48. The van der Waals surface area contributed by atoms with Crippen molar-refractivity contribution in [3.8, 4) is 0 Å². The van der Waals surface area contributed by atoms with Crippen molar-refractivity contribution < 1.29 is 4.74 Å². The highest BCUT2D eigenvalue weighted by Gasteiger charge is 2.24. The summed E-state index contributed by atoms with van der Waals surface area (Å²) in [5, 5.41) is 3.15. The van der Waals surface area contributed by atoms with E-state index in [1.54, 1.807) is 0 Å². The minimum atomic E-state index is 0.384. The van der Waals surface area contributed by atoms with E-state index in [0.717, 1.165) is 19.6 Å². The van der Waals surface area contributed by atoms with Crippen LogP contribution < -0.4 is 5.32 Å². The van der Waals surface area contributed by atoms with Crippen LogP contribution in [-0.4, -0.2) is 20.2 Å². The number of benzene rings is 1. The molecule has 1 saturated heterocycles. The summed E-state index contributed by atoms with van der Waals surface area (Å²) in [6.45, 7) is 5.93. The van der Waals surface area contributed by atoms with E-state index in [1.807, 2.05) is 20.9 Å². The molecule has 84 valence electrons. The van der Waals surface area contributed by atoms with Gasteiger partial charge in [-0.05, 0) is 31.1 Å². The smallest absolute Gasteiger partial charge is 0.106 e. The monoisotopic (exact) mass is 207 g/mol. The van der Waals surface area contributed by atoms with Crippen LogP contribution in [0.2, 0.25) is 0 Å². The van der Waals surface area contributed by atoms with Gasteiger partial charge in [0, 0.05) is 0 Å². The van der Waals surface area contributed by atoms with E-state index in [-0.39, 0.29) is 0 Å². The fourth-order valence-electron chi connectivity index (χ4n) is 1.46. The van der Waals surface area contributed by atoms with Crippen LogP contribution in [0.4, 0.5) is 0 Å². The number of epoxide rings is 1. The van der Waals surface area contributed by atoms with Crippen LogP contribution in [0, 0.1) is 0 Å². The van der Waals surface area contributed by atoms with E-state index in [1.165, 1.54) is 11.1 Å². The highest BCUT2D eigenvalue weighted by Crippen LogP contribution is 2.29. The topological polar surface area (TPSA) is 24.6 Å². The first-order valence-corrected chi connectivity index (χ1v) is 5.75. The predicted molar refractivity (Wildman–Crippen MR) is 64.1 cm³/mol. The molecule has 2 rings (SSSR count). The molecule has 1 aromatic carbocycles. The summed E-state index contributed by atoms with van der Waals surface area (Å²) in [6, 6.07) is 8.67. The highest BCUT2D eigenvalue weighted by molar-refractivity contribution is 5.27. The molecule has 1 aliphatic rings. The minimum absolute atomic E-state index is 0.384. The minimum Gasteiger partial charge on any atom is -0.368 e. The van der Waals surface area contributed by atoms with Crippen molar-refractivity contribution in [1.82, 2.24) is 5.32 Å². The Balaban J connectivity index is 0.000000531. The molecule has 0 aromatic heterocycles. The second-order valence-corrected chi connectivity index (χ2v) is 3.42. The number of hydrogen-bond acceptors (Lipinski definition) is 2. The number of ether oxygens (including phenoxy) is 1. The van der Waals surface area contributed by atoms with E-state index in [9.17, 15) is 0 Å². The Bertz CT molecular complexity index is 282. The average molecular weight is 207 g/mol. The maximum Gasteiger partial charge on any atom is 0.106 e. The lowest BCUT2D eigenvalue weighted by atomic mass is 10.1. The van der Waals surface area contributed by atoms with Crippen molar-refractivity contribution in [3.05, 3.63) is 35.4 Å². The molecule has 0 amide bonds. The van der Waals surface area contributed by atoms with Gasteiger partial charge in [-0.15, -0.1) is 0 Å². The van der Waals surface area contributed by atoms with E-state index < -0.39 is 0 Å². The molecule has 1 aliphatic heterocycles. The largest absolute Gasteiger partial charge is 0.368 e. The van der Waals surface area contributed by atoms with Crippen LogP contribution in [0.5, 0.6) is 0 Å². The van der Waals surface area contributed by atoms with Crippen molar-refractivity contribution in [1.29, 1.82) is 0 Å². The zero-order valence-corrected chi connectivity index (χ0v) is 9.92. The highest BCUT2D eigenvalue weighted by atomic mass is 16.6. The Morgan fingerprint density at radius 1 is 1.40 bits per heavy atom. The number of hydrogen-bond donors (Lipinski definition) is 1. The van der Waals surface area contributed by atoms with Gasteiger partial charge in [0.2, 0.25) is 0 Å². The molecule has 2 nitrogen and oxygen atoms in total. The van der Waals surface area contributed by atoms with Gasteiger partial charge < -0.3 is 10.1 Å². The van der Waals surface area contributed by atoms with Crippen molar-refractivity contribution in [2.75, 3.05) is 20.2 Å². The van der Waals surface area contributed by atoms with Crippen LogP contribution >= 0.6 is 0 Å². The molecule has 1 aromatic rings. The van der Waals surface area contributed by atoms with Gasteiger partial charge in [-0.1, -0.05) is 38.1 Å². The zero-order valence-electron chi connectivity index (χ0n) is 9.92. The molecule has 0 bridgehead atoms. The van der Waals surface area contributed by atoms with Gasteiger partial charge in [0.15, 0.2) is 0 Å². The summed E-state index contributed by atoms with van der Waals surface area (Å²) in [5.41, 5.74) is 2.72. The van der Waals surface area contributed by atoms with Crippen LogP contribution in [0.25, 0.3) is 0 Å².